The summed E-state index contributed by atoms with van der Waals surface area (Å²) in [4.78, 5) is 21.8. The fourth-order valence-corrected chi connectivity index (χ4v) is 8.33. The summed E-state index contributed by atoms with van der Waals surface area (Å²) in [5, 5.41) is 6.44. The number of methoxy groups -OCH3 is 1. The highest BCUT2D eigenvalue weighted by Gasteiger charge is 2.23. The summed E-state index contributed by atoms with van der Waals surface area (Å²) in [6.45, 7) is 14.0. The van der Waals surface area contributed by atoms with Gasteiger partial charge < -0.3 is 34.6 Å². The van der Waals surface area contributed by atoms with Crippen LogP contribution in [-0.4, -0.2) is 90.5 Å². The smallest absolute Gasteiger partial charge is 0.223 e. The Kier molecular flexibility index (Phi) is 23.1. The lowest BCUT2D eigenvalue weighted by atomic mass is 10.1. The fraction of sp³-hybridized carbons (Fsp3) is 0.574. The predicted molar refractivity (Wildman–Crippen MR) is 261 cm³/mol. The maximum atomic E-state index is 14.8. The molecule has 2 aromatic heterocycles. The van der Waals surface area contributed by atoms with Crippen molar-refractivity contribution in [2.75, 3.05) is 91.0 Å². The van der Waals surface area contributed by atoms with E-state index in [1.807, 2.05) is 38.0 Å². The number of benzene rings is 2. The molecule has 15 heteroatoms. The average molecular weight is 901 g/mol. The molecule has 62 heavy (non-hydrogen) atoms. The van der Waals surface area contributed by atoms with Gasteiger partial charge in [0.2, 0.25) is 11.9 Å². The van der Waals surface area contributed by atoms with Crippen molar-refractivity contribution in [1.29, 1.82) is 0 Å². The van der Waals surface area contributed by atoms with Gasteiger partial charge in [0.25, 0.3) is 0 Å². The maximum Gasteiger partial charge on any atom is 0.223 e. The minimum atomic E-state index is -0.580. The van der Waals surface area contributed by atoms with Gasteiger partial charge in [0.05, 0.1) is 50.8 Å². The monoisotopic (exact) mass is 901 g/mol. The van der Waals surface area contributed by atoms with Gasteiger partial charge in [-0.05, 0) is 93.7 Å². The zero-order valence-electron chi connectivity index (χ0n) is 38.1. The standard InChI is InChI=1S/C23H34N4O2S.C22H30F2N4OS.C2H6.2H2/c1-4-27(17-18-7-5-6-8-18)22-10-9-20(28-2)13-19(22)14-24-23-25-15-21(16-26-23)29-11-12-30-3;1-3-28(15-16-6-4-5-7-16)21-17(10-18(23)11-20(21)24)12-25-22-26-13-19(14-27-22)29-8-9-30-2;1-2;;/h9-10,13,15-16,18H,4-8,11-12,14,17H2,1-3H3,(H,24,25,26);10-11,13-14,16H,3-9,12,15H2,1-2H3,(H,25,26,27);1-2H3;2*1H. The van der Waals surface area contributed by atoms with Crippen LogP contribution in [0.2, 0.25) is 0 Å². The molecule has 346 valence electrons. The Bertz CT molecular complexity index is 1850. The lowest BCUT2D eigenvalue weighted by Gasteiger charge is -2.29. The van der Waals surface area contributed by atoms with Gasteiger partial charge in [-0.25, -0.2) is 28.7 Å². The van der Waals surface area contributed by atoms with E-state index >= 15 is 0 Å². The van der Waals surface area contributed by atoms with E-state index < -0.39 is 11.6 Å². The van der Waals surface area contributed by atoms with E-state index in [9.17, 15) is 8.78 Å². The first kappa shape index (κ1) is 50.4. The van der Waals surface area contributed by atoms with Crippen LogP contribution in [0.15, 0.2) is 55.1 Å². The third kappa shape index (κ3) is 16.5. The van der Waals surface area contributed by atoms with E-state index in [4.69, 9.17) is 14.2 Å². The summed E-state index contributed by atoms with van der Waals surface area (Å²) in [5.74, 6) is 5.26. The van der Waals surface area contributed by atoms with Crippen molar-refractivity contribution in [2.45, 2.75) is 92.2 Å². The Morgan fingerprint density at radius 3 is 1.63 bits per heavy atom. The van der Waals surface area contributed by atoms with Gasteiger partial charge in [0.1, 0.15) is 17.4 Å². The summed E-state index contributed by atoms with van der Waals surface area (Å²) in [6.07, 6.45) is 21.0. The molecule has 0 atom stereocenters. The van der Waals surface area contributed by atoms with Crippen molar-refractivity contribution in [1.82, 2.24) is 19.9 Å². The Balaban J connectivity index is 0.000000411. The number of nitrogens with zero attached hydrogens (tertiary/aromatic N) is 6. The SMILES string of the molecule is CC.CCN(CC1CCCC1)c1c(F)cc(F)cc1CNc1ncc(OCCSC)cn1.CCN(CC1CCCC1)c1ccc(OC)cc1CNc1ncc(OCCSC)cn1.[HH].[HH]. The van der Waals surface area contributed by atoms with Gasteiger partial charge in [-0.1, -0.05) is 39.5 Å². The first-order chi connectivity index (χ1) is 30.3. The molecule has 0 aliphatic heterocycles. The van der Waals surface area contributed by atoms with E-state index in [1.165, 1.54) is 68.7 Å². The minimum Gasteiger partial charge on any atom is -0.497 e. The molecule has 0 amide bonds. The number of hydrogen-bond acceptors (Lipinski definition) is 13. The van der Waals surface area contributed by atoms with Gasteiger partial charge in [-0.2, -0.15) is 23.5 Å². The summed E-state index contributed by atoms with van der Waals surface area (Å²) >= 11 is 3.46. The van der Waals surface area contributed by atoms with Crippen molar-refractivity contribution in [3.05, 3.63) is 77.9 Å². The van der Waals surface area contributed by atoms with Crippen molar-refractivity contribution in [3.63, 3.8) is 0 Å². The molecule has 0 unspecified atom stereocenters. The molecular weight excluding hydrogens is 827 g/mol. The summed E-state index contributed by atoms with van der Waals surface area (Å²) in [6, 6.07) is 8.70. The lowest BCUT2D eigenvalue weighted by molar-refractivity contribution is 0.341. The number of thioether (sulfide) groups is 2. The largest absolute Gasteiger partial charge is 0.497 e. The summed E-state index contributed by atoms with van der Waals surface area (Å²) < 4.78 is 45.4. The molecule has 4 aromatic rings. The van der Waals surface area contributed by atoms with Crippen molar-refractivity contribution in [2.24, 2.45) is 11.8 Å². The van der Waals surface area contributed by atoms with E-state index in [0.29, 0.717) is 66.9 Å². The van der Waals surface area contributed by atoms with Crippen molar-refractivity contribution >= 4 is 46.8 Å². The number of hydrogen-bond donors (Lipinski definition) is 2. The van der Waals surface area contributed by atoms with Gasteiger partial charge >= 0.3 is 0 Å². The van der Waals surface area contributed by atoms with Crippen LogP contribution < -0.4 is 34.6 Å². The molecular formula is C47H74F2N8O3S2. The second kappa shape index (κ2) is 28.4. The first-order valence-electron chi connectivity index (χ1n) is 22.3. The Hall–Kier alpha value is -4.24. The van der Waals surface area contributed by atoms with Crippen LogP contribution in [0.1, 0.15) is 93.0 Å². The van der Waals surface area contributed by atoms with Gasteiger partial charge in [-0.15, -0.1) is 0 Å². The highest BCUT2D eigenvalue weighted by atomic mass is 32.2. The lowest BCUT2D eigenvalue weighted by Crippen LogP contribution is -2.30. The molecule has 2 saturated carbocycles. The zero-order valence-corrected chi connectivity index (χ0v) is 39.7. The predicted octanol–water partition coefficient (Wildman–Crippen LogP) is 11.5. The number of nitrogens with one attached hydrogen (secondary N) is 2. The third-order valence-electron chi connectivity index (χ3n) is 11.0. The van der Waals surface area contributed by atoms with Crippen LogP contribution in [0.3, 0.4) is 0 Å². The molecule has 2 fully saturated rings. The highest BCUT2D eigenvalue weighted by Crippen LogP contribution is 2.33. The van der Waals surface area contributed by atoms with Crippen LogP contribution >= 0.6 is 23.5 Å². The van der Waals surface area contributed by atoms with E-state index in [1.54, 1.807) is 55.4 Å². The fourth-order valence-electron chi connectivity index (χ4n) is 7.83. The number of halogens is 2. The number of ether oxygens (including phenoxy) is 3. The number of aromatic nitrogens is 4. The van der Waals surface area contributed by atoms with E-state index in [0.717, 1.165) is 48.9 Å². The van der Waals surface area contributed by atoms with E-state index in [2.05, 4.69) is 60.8 Å². The number of rotatable bonds is 23. The Labute approximate surface area is 381 Å². The molecule has 2 heterocycles. The van der Waals surface area contributed by atoms with Crippen LogP contribution in [0.4, 0.5) is 32.1 Å². The van der Waals surface area contributed by atoms with E-state index in [-0.39, 0.29) is 9.40 Å². The van der Waals surface area contributed by atoms with Crippen molar-refractivity contribution < 1.29 is 25.8 Å². The minimum absolute atomic E-state index is 0. The maximum absolute atomic E-state index is 14.8. The van der Waals surface area contributed by atoms with Crippen LogP contribution in [0.25, 0.3) is 0 Å². The second-order valence-corrected chi connectivity index (χ2v) is 17.1. The molecule has 11 nitrogen and oxygen atoms in total. The second-order valence-electron chi connectivity index (χ2n) is 15.1. The first-order valence-corrected chi connectivity index (χ1v) is 25.1. The van der Waals surface area contributed by atoms with Gasteiger partial charge in [0.15, 0.2) is 11.5 Å². The molecule has 2 aliphatic carbocycles. The molecule has 0 radical (unpaired) electrons. The molecule has 0 saturated heterocycles. The Morgan fingerprint density at radius 1 is 0.677 bits per heavy atom. The van der Waals surface area contributed by atoms with Crippen LogP contribution in [-0.2, 0) is 13.1 Å². The normalized spacial score (nSPS) is 13.7. The quantitative estimate of drug-likeness (QED) is 0.0690. The van der Waals surface area contributed by atoms with Gasteiger partial charge in [-0.3, -0.25) is 0 Å². The van der Waals surface area contributed by atoms with Gasteiger partial charge in [0, 0.05) is 70.9 Å². The topological polar surface area (TPSA) is 110 Å². The summed E-state index contributed by atoms with van der Waals surface area (Å²) in [7, 11) is 1.71. The summed E-state index contributed by atoms with van der Waals surface area (Å²) in [5.41, 5.74) is 3.49. The number of anilines is 4. The molecule has 6 rings (SSSR count). The molecule has 2 aromatic carbocycles. The molecule has 2 aliphatic rings. The van der Waals surface area contributed by atoms with Crippen LogP contribution in [0, 0.1) is 23.5 Å². The molecule has 0 bridgehead atoms. The zero-order chi connectivity index (χ0) is 44.5. The van der Waals surface area contributed by atoms with Crippen LogP contribution in [0.5, 0.6) is 17.2 Å². The average Bonchev–Trinajstić information content (AvgIpc) is 4.03. The Morgan fingerprint density at radius 2 is 1.16 bits per heavy atom. The highest BCUT2D eigenvalue weighted by molar-refractivity contribution is 7.98. The third-order valence-corrected chi connectivity index (χ3v) is 12.1. The van der Waals surface area contributed by atoms with Crippen molar-refractivity contribution in [3.8, 4) is 17.2 Å². The molecule has 0 spiro atoms. The molecule has 2 N–H and O–H groups in total.